The second-order valence-corrected chi connectivity index (χ2v) is 7.67. The summed E-state index contributed by atoms with van der Waals surface area (Å²) in [6.07, 6.45) is 2.64. The average Bonchev–Trinajstić information content (AvgIpc) is 2.69. The summed E-state index contributed by atoms with van der Waals surface area (Å²) in [5, 5.41) is 0.459. The van der Waals surface area contributed by atoms with Gasteiger partial charge >= 0.3 is 0 Å². The number of anilines is 1. The van der Waals surface area contributed by atoms with E-state index in [0.717, 1.165) is 35.2 Å². The molecule has 8 heteroatoms. The second kappa shape index (κ2) is 7.50. The molecule has 0 unspecified atom stereocenters. The lowest BCUT2D eigenvalue weighted by molar-refractivity contribution is 0.0731. The van der Waals surface area contributed by atoms with Crippen LogP contribution >= 0.6 is 27.5 Å². The summed E-state index contributed by atoms with van der Waals surface area (Å²) < 4.78 is 6.22. The maximum absolute atomic E-state index is 12.9. The molecular weight excluding hydrogens is 420 g/mol. The van der Waals surface area contributed by atoms with Crippen molar-refractivity contribution in [1.82, 2.24) is 14.9 Å². The van der Waals surface area contributed by atoms with E-state index >= 15 is 0 Å². The van der Waals surface area contributed by atoms with Gasteiger partial charge in [-0.25, -0.2) is 9.97 Å². The first-order valence-corrected chi connectivity index (χ1v) is 9.71. The highest BCUT2D eigenvalue weighted by molar-refractivity contribution is 9.10. The zero-order chi connectivity index (χ0) is 18.1. The molecule has 1 amide bonds. The third-order valence-corrected chi connectivity index (χ3v) is 5.50. The first-order chi connectivity index (χ1) is 12.6. The molecule has 0 bridgehead atoms. The Kier molecular flexibility index (Phi) is 5.11. The number of fused-ring (bicyclic) bond motifs is 1. The molecule has 6 nitrogen and oxygen atoms in total. The molecule has 0 atom stereocenters. The van der Waals surface area contributed by atoms with Crippen LogP contribution in [0, 0.1) is 0 Å². The molecule has 4 rings (SSSR count). The average molecular weight is 438 g/mol. The van der Waals surface area contributed by atoms with Crippen molar-refractivity contribution in [1.29, 1.82) is 0 Å². The Hall–Kier alpha value is -1.70. The highest BCUT2D eigenvalue weighted by atomic mass is 79.9. The first kappa shape index (κ1) is 17.7. The van der Waals surface area contributed by atoms with Crippen molar-refractivity contribution in [2.24, 2.45) is 0 Å². The molecular formula is C18H18BrClN4O2. The van der Waals surface area contributed by atoms with Gasteiger partial charge in [0.25, 0.3) is 5.91 Å². The van der Waals surface area contributed by atoms with Crippen LogP contribution in [-0.4, -0.2) is 53.6 Å². The van der Waals surface area contributed by atoms with Crippen LogP contribution in [0.25, 0.3) is 0 Å². The van der Waals surface area contributed by atoms with Gasteiger partial charge in [0.15, 0.2) is 0 Å². The topological polar surface area (TPSA) is 58.6 Å². The van der Waals surface area contributed by atoms with E-state index in [1.54, 1.807) is 17.0 Å². The molecule has 3 heterocycles. The second-order valence-electron chi connectivity index (χ2n) is 6.34. The van der Waals surface area contributed by atoms with Crippen molar-refractivity contribution in [3.05, 3.63) is 50.7 Å². The lowest BCUT2D eigenvalue weighted by atomic mass is 10.1. The summed E-state index contributed by atoms with van der Waals surface area (Å²) in [4.78, 5) is 26.1. The number of nitrogens with zero attached hydrogens (tertiary/aromatic N) is 4. The minimum Gasteiger partial charge on any atom is -0.378 e. The van der Waals surface area contributed by atoms with Crippen LogP contribution in [0.1, 0.15) is 21.6 Å². The quantitative estimate of drug-likeness (QED) is 0.723. The van der Waals surface area contributed by atoms with E-state index in [4.69, 9.17) is 21.3 Å². The third kappa shape index (κ3) is 3.56. The third-order valence-electron chi connectivity index (χ3n) is 4.67. The van der Waals surface area contributed by atoms with Gasteiger partial charge in [-0.3, -0.25) is 4.79 Å². The number of rotatable bonds is 2. The smallest absolute Gasteiger partial charge is 0.255 e. The number of amides is 1. The Morgan fingerprint density at radius 2 is 2.04 bits per heavy atom. The number of ether oxygens (including phenoxy) is 1. The van der Waals surface area contributed by atoms with Crippen molar-refractivity contribution in [3.8, 4) is 0 Å². The molecule has 2 aliphatic rings. The van der Waals surface area contributed by atoms with Crippen LogP contribution in [0.4, 0.5) is 5.95 Å². The van der Waals surface area contributed by atoms with Crippen LogP contribution < -0.4 is 4.90 Å². The number of benzene rings is 1. The lowest BCUT2D eigenvalue weighted by Crippen LogP contribution is -2.39. The number of carbonyl (C=O) groups excluding carboxylic acids is 1. The molecule has 0 aliphatic carbocycles. The Bertz CT molecular complexity index is 842. The molecule has 1 saturated heterocycles. The molecule has 0 saturated carbocycles. The molecule has 26 heavy (non-hydrogen) atoms. The minimum atomic E-state index is -0.0755. The molecule has 1 aromatic carbocycles. The fourth-order valence-electron chi connectivity index (χ4n) is 3.21. The number of hydrogen-bond acceptors (Lipinski definition) is 5. The van der Waals surface area contributed by atoms with Crippen LogP contribution in [-0.2, 0) is 17.7 Å². The van der Waals surface area contributed by atoms with Crippen LogP contribution in [0.15, 0.2) is 28.9 Å². The zero-order valence-corrected chi connectivity index (χ0v) is 16.5. The number of aromatic nitrogens is 2. The van der Waals surface area contributed by atoms with Gasteiger partial charge in [-0.15, -0.1) is 0 Å². The van der Waals surface area contributed by atoms with Gasteiger partial charge in [0, 0.05) is 30.3 Å². The summed E-state index contributed by atoms with van der Waals surface area (Å²) in [6.45, 7) is 4.05. The van der Waals surface area contributed by atoms with E-state index < -0.39 is 0 Å². The number of carbonyl (C=O) groups is 1. The van der Waals surface area contributed by atoms with E-state index in [-0.39, 0.29) is 5.91 Å². The molecule has 1 aromatic heterocycles. The summed E-state index contributed by atoms with van der Waals surface area (Å²) >= 11 is 9.63. The molecule has 0 spiro atoms. The molecule has 2 aromatic rings. The van der Waals surface area contributed by atoms with Crippen LogP contribution in [0.5, 0.6) is 0 Å². The molecule has 2 aliphatic heterocycles. The SMILES string of the molecule is O=C(c1cc(Br)ccc1Cl)N1CCc2cnc(N3CCOCC3)nc2C1. The monoisotopic (exact) mass is 436 g/mol. The van der Waals surface area contributed by atoms with Crippen molar-refractivity contribution >= 4 is 39.4 Å². The lowest BCUT2D eigenvalue weighted by Gasteiger charge is -2.31. The fourth-order valence-corrected chi connectivity index (χ4v) is 3.77. The Balaban J connectivity index is 1.56. The van der Waals surface area contributed by atoms with Crippen molar-refractivity contribution < 1.29 is 9.53 Å². The Labute approximate surface area is 165 Å². The van der Waals surface area contributed by atoms with Gasteiger partial charge in [-0.05, 0) is 30.2 Å². The molecule has 1 fully saturated rings. The predicted molar refractivity (Wildman–Crippen MR) is 103 cm³/mol. The van der Waals surface area contributed by atoms with Crippen molar-refractivity contribution in [2.75, 3.05) is 37.7 Å². The van der Waals surface area contributed by atoms with Crippen LogP contribution in [0.2, 0.25) is 5.02 Å². The standard InChI is InChI=1S/C18H18BrClN4O2/c19-13-1-2-15(20)14(9-13)17(25)24-4-3-12-10-21-18(22-16(12)11-24)23-5-7-26-8-6-23/h1-2,9-10H,3-8,11H2. The van der Waals surface area contributed by atoms with E-state index in [1.165, 1.54) is 0 Å². The summed E-state index contributed by atoms with van der Waals surface area (Å²) in [6, 6.07) is 5.32. The highest BCUT2D eigenvalue weighted by Gasteiger charge is 2.26. The van der Waals surface area contributed by atoms with E-state index in [2.05, 4.69) is 25.8 Å². The van der Waals surface area contributed by atoms with Gasteiger partial charge < -0.3 is 14.5 Å². The molecule has 0 radical (unpaired) electrons. The van der Waals surface area contributed by atoms with E-state index in [1.807, 2.05) is 12.3 Å². The zero-order valence-electron chi connectivity index (χ0n) is 14.1. The normalized spacial score (nSPS) is 17.2. The highest BCUT2D eigenvalue weighted by Crippen LogP contribution is 2.26. The first-order valence-electron chi connectivity index (χ1n) is 8.53. The Morgan fingerprint density at radius 3 is 2.85 bits per heavy atom. The van der Waals surface area contributed by atoms with Gasteiger partial charge in [0.1, 0.15) is 0 Å². The van der Waals surface area contributed by atoms with Gasteiger partial charge in [0.05, 0.1) is 36.0 Å². The maximum Gasteiger partial charge on any atom is 0.255 e. The van der Waals surface area contributed by atoms with E-state index in [9.17, 15) is 4.79 Å². The fraction of sp³-hybridized carbons (Fsp3) is 0.389. The van der Waals surface area contributed by atoms with Crippen LogP contribution in [0.3, 0.4) is 0 Å². The Morgan fingerprint density at radius 1 is 1.23 bits per heavy atom. The number of halogens is 2. The van der Waals surface area contributed by atoms with Gasteiger partial charge in [0.2, 0.25) is 5.95 Å². The minimum absolute atomic E-state index is 0.0755. The maximum atomic E-state index is 12.9. The summed E-state index contributed by atoms with van der Waals surface area (Å²) in [5.74, 6) is 0.635. The largest absolute Gasteiger partial charge is 0.378 e. The summed E-state index contributed by atoms with van der Waals surface area (Å²) in [5.41, 5.74) is 2.52. The number of morpholine rings is 1. The van der Waals surface area contributed by atoms with Gasteiger partial charge in [-0.1, -0.05) is 27.5 Å². The van der Waals surface area contributed by atoms with E-state index in [0.29, 0.717) is 42.8 Å². The van der Waals surface area contributed by atoms with Gasteiger partial charge in [-0.2, -0.15) is 0 Å². The number of hydrogen-bond donors (Lipinski definition) is 0. The molecule has 0 N–H and O–H groups in total. The van der Waals surface area contributed by atoms with Crippen molar-refractivity contribution in [2.45, 2.75) is 13.0 Å². The van der Waals surface area contributed by atoms with Crippen molar-refractivity contribution in [3.63, 3.8) is 0 Å². The summed E-state index contributed by atoms with van der Waals surface area (Å²) in [7, 11) is 0. The predicted octanol–water partition coefficient (Wildman–Crippen LogP) is 2.93. The molecule has 136 valence electrons.